The highest BCUT2D eigenvalue weighted by atomic mass is 32.2. The maximum absolute atomic E-state index is 14.6. The van der Waals surface area contributed by atoms with E-state index < -0.39 is 39.7 Å². The molecule has 2 aliphatic heterocycles. The summed E-state index contributed by atoms with van der Waals surface area (Å²) in [7, 11) is -3.17. The van der Waals surface area contributed by atoms with Gasteiger partial charge in [-0.1, -0.05) is 23.3 Å². The number of benzene rings is 1. The van der Waals surface area contributed by atoms with E-state index in [9.17, 15) is 30.8 Å². The predicted octanol–water partition coefficient (Wildman–Crippen LogP) is 2.44. The number of alkyl halides is 3. The quantitative estimate of drug-likeness (QED) is 0.628. The van der Waals surface area contributed by atoms with E-state index in [4.69, 9.17) is 4.42 Å². The summed E-state index contributed by atoms with van der Waals surface area (Å²) in [5, 5.41) is 6.48. The van der Waals surface area contributed by atoms with Gasteiger partial charge in [-0.05, 0) is 18.9 Å². The number of aromatic nitrogens is 2. The lowest BCUT2D eigenvalue weighted by atomic mass is 9.96. The molecule has 2 fully saturated rings. The average Bonchev–Trinajstić information content (AvgIpc) is 3.24. The molecule has 174 valence electrons. The summed E-state index contributed by atoms with van der Waals surface area (Å²) in [6, 6.07) is 4.64. The van der Waals surface area contributed by atoms with Crippen LogP contribution in [0.3, 0.4) is 0 Å². The lowest BCUT2D eigenvalue weighted by Crippen LogP contribution is -2.53. The van der Waals surface area contributed by atoms with Crippen LogP contribution in [0, 0.1) is 11.7 Å². The summed E-state index contributed by atoms with van der Waals surface area (Å²) in [5.74, 6) is -3.04. The Kier molecular flexibility index (Phi) is 5.86. The molecule has 1 aromatic heterocycles. The summed E-state index contributed by atoms with van der Waals surface area (Å²) in [5.41, 5.74) is 0.199. The van der Waals surface area contributed by atoms with Gasteiger partial charge in [0.1, 0.15) is 15.7 Å². The third-order valence-electron chi connectivity index (χ3n) is 5.76. The van der Waals surface area contributed by atoms with Gasteiger partial charge in [0.05, 0.1) is 17.5 Å². The van der Waals surface area contributed by atoms with Crippen LogP contribution in [0.25, 0.3) is 0 Å². The topological polar surface area (TPSA) is 96.6 Å². The molecule has 3 heterocycles. The Balaban J connectivity index is 1.60. The van der Waals surface area contributed by atoms with E-state index in [0.29, 0.717) is 0 Å². The minimum atomic E-state index is -4.80. The highest BCUT2D eigenvalue weighted by molar-refractivity contribution is 7.91. The molecule has 2 aromatic rings. The number of rotatable bonds is 3. The smallest absolute Gasteiger partial charge is 0.399 e. The van der Waals surface area contributed by atoms with Crippen molar-refractivity contribution in [2.24, 2.45) is 5.92 Å². The Labute approximate surface area is 181 Å². The van der Waals surface area contributed by atoms with Gasteiger partial charge in [-0.2, -0.15) is 13.2 Å². The minimum Gasteiger partial charge on any atom is -0.399 e. The van der Waals surface area contributed by atoms with Crippen LogP contribution in [0.2, 0.25) is 0 Å². The molecule has 2 saturated heterocycles. The molecule has 1 amide bonds. The van der Waals surface area contributed by atoms with Crippen molar-refractivity contribution in [3.8, 4) is 0 Å². The normalized spacial score (nSPS) is 22.2. The number of nitrogens with zero attached hydrogens (tertiary/aromatic N) is 4. The van der Waals surface area contributed by atoms with Gasteiger partial charge in [-0.3, -0.25) is 4.79 Å². The SMILES string of the molecule is O=C(C1CCS(=O)(=O)CC1)N1CCN(c2nnc(C(F)(F)F)o2)CC1c1ccccc1F. The van der Waals surface area contributed by atoms with Crippen molar-refractivity contribution in [1.82, 2.24) is 15.1 Å². The summed E-state index contributed by atoms with van der Waals surface area (Å²) in [6.45, 7) is 0.114. The first kappa shape index (κ1) is 22.5. The van der Waals surface area contributed by atoms with E-state index in [2.05, 4.69) is 10.2 Å². The van der Waals surface area contributed by atoms with Gasteiger partial charge in [0.2, 0.25) is 5.91 Å². The molecule has 8 nitrogen and oxygen atoms in total. The Morgan fingerprint density at radius 2 is 1.78 bits per heavy atom. The zero-order chi connectivity index (χ0) is 23.1. The zero-order valence-corrected chi connectivity index (χ0v) is 17.6. The lowest BCUT2D eigenvalue weighted by Gasteiger charge is -2.42. The first-order valence-electron chi connectivity index (χ1n) is 9.96. The van der Waals surface area contributed by atoms with Crippen molar-refractivity contribution >= 4 is 21.8 Å². The molecule has 2 aliphatic rings. The van der Waals surface area contributed by atoms with Crippen LogP contribution in [0.4, 0.5) is 23.6 Å². The number of amides is 1. The van der Waals surface area contributed by atoms with E-state index in [0.717, 1.165) is 0 Å². The Morgan fingerprint density at radius 3 is 2.41 bits per heavy atom. The Hall–Kier alpha value is -2.70. The first-order valence-corrected chi connectivity index (χ1v) is 11.8. The fourth-order valence-electron chi connectivity index (χ4n) is 4.06. The second-order valence-corrected chi connectivity index (χ2v) is 10.1. The maximum atomic E-state index is 14.6. The van der Waals surface area contributed by atoms with Crippen LogP contribution >= 0.6 is 0 Å². The van der Waals surface area contributed by atoms with Crippen molar-refractivity contribution < 1.29 is 35.2 Å². The summed E-state index contributed by atoms with van der Waals surface area (Å²) in [6.07, 6.45) is -4.43. The lowest BCUT2D eigenvalue weighted by molar-refractivity contribution is -0.157. The second-order valence-electron chi connectivity index (χ2n) is 7.83. The van der Waals surface area contributed by atoms with E-state index in [1.165, 1.54) is 28.0 Å². The maximum Gasteiger partial charge on any atom is 0.470 e. The standard InChI is InChI=1S/C19H20F4N4O4S/c20-14-4-2-1-3-13(14)15-11-26(18-25-24-17(31-18)19(21,22)23)7-8-27(15)16(28)12-5-9-32(29,30)10-6-12/h1-4,12,15H,5-11H2. The van der Waals surface area contributed by atoms with Crippen LogP contribution < -0.4 is 4.90 Å². The van der Waals surface area contributed by atoms with E-state index in [1.54, 1.807) is 6.07 Å². The zero-order valence-electron chi connectivity index (χ0n) is 16.8. The molecule has 0 saturated carbocycles. The molecule has 0 N–H and O–H groups in total. The Bertz CT molecular complexity index is 1090. The van der Waals surface area contributed by atoms with Gasteiger partial charge in [0.25, 0.3) is 0 Å². The Morgan fingerprint density at radius 1 is 1.09 bits per heavy atom. The predicted molar refractivity (Wildman–Crippen MR) is 104 cm³/mol. The summed E-state index contributed by atoms with van der Waals surface area (Å²) in [4.78, 5) is 16.1. The van der Waals surface area contributed by atoms with Gasteiger partial charge >= 0.3 is 18.1 Å². The van der Waals surface area contributed by atoms with Crippen molar-refractivity contribution in [1.29, 1.82) is 0 Å². The van der Waals surface area contributed by atoms with Crippen LogP contribution in [-0.2, 0) is 20.8 Å². The number of hydrogen-bond acceptors (Lipinski definition) is 7. The third-order valence-corrected chi connectivity index (χ3v) is 7.47. The molecule has 4 rings (SSSR count). The number of sulfone groups is 1. The fraction of sp³-hybridized carbons (Fsp3) is 0.526. The molecule has 1 unspecified atom stereocenters. The van der Waals surface area contributed by atoms with Crippen molar-refractivity contribution in [2.45, 2.75) is 25.1 Å². The van der Waals surface area contributed by atoms with Gasteiger partial charge in [0.15, 0.2) is 0 Å². The summed E-state index contributed by atoms with van der Waals surface area (Å²) < 4.78 is 81.3. The molecule has 0 aliphatic carbocycles. The number of hydrogen-bond donors (Lipinski definition) is 0. The average molecular weight is 476 g/mol. The number of anilines is 1. The molecule has 0 radical (unpaired) electrons. The molecular formula is C19H20F4N4O4S. The van der Waals surface area contributed by atoms with E-state index in [1.807, 2.05) is 0 Å². The van der Waals surface area contributed by atoms with Crippen molar-refractivity contribution in [3.63, 3.8) is 0 Å². The minimum absolute atomic E-state index is 0.0584. The van der Waals surface area contributed by atoms with Crippen LogP contribution in [-0.4, -0.2) is 60.6 Å². The largest absolute Gasteiger partial charge is 0.470 e. The third kappa shape index (κ3) is 4.57. The van der Waals surface area contributed by atoms with Gasteiger partial charge in [-0.25, -0.2) is 12.8 Å². The number of carbonyl (C=O) groups is 1. The van der Waals surface area contributed by atoms with Gasteiger partial charge in [-0.15, -0.1) is 5.10 Å². The van der Waals surface area contributed by atoms with Gasteiger partial charge in [0, 0.05) is 31.1 Å². The van der Waals surface area contributed by atoms with Gasteiger partial charge < -0.3 is 14.2 Å². The number of carbonyl (C=O) groups excluding carboxylic acids is 1. The monoisotopic (exact) mass is 476 g/mol. The molecule has 13 heteroatoms. The molecule has 0 bridgehead atoms. The van der Waals surface area contributed by atoms with Crippen LogP contribution in [0.1, 0.15) is 30.3 Å². The van der Waals surface area contributed by atoms with Crippen molar-refractivity contribution in [2.75, 3.05) is 36.0 Å². The molecule has 32 heavy (non-hydrogen) atoms. The van der Waals surface area contributed by atoms with E-state index >= 15 is 0 Å². The van der Waals surface area contributed by atoms with E-state index in [-0.39, 0.29) is 61.5 Å². The second kappa shape index (κ2) is 8.34. The summed E-state index contributed by atoms with van der Waals surface area (Å²) >= 11 is 0. The molecule has 0 spiro atoms. The fourth-order valence-corrected chi connectivity index (χ4v) is 5.55. The number of halogens is 4. The van der Waals surface area contributed by atoms with Crippen LogP contribution in [0.15, 0.2) is 28.7 Å². The highest BCUT2D eigenvalue weighted by Gasteiger charge is 2.41. The molecule has 1 atom stereocenters. The first-order chi connectivity index (χ1) is 15.0. The molecular weight excluding hydrogens is 456 g/mol. The van der Waals surface area contributed by atoms with Crippen molar-refractivity contribution in [3.05, 3.63) is 41.5 Å². The molecule has 1 aromatic carbocycles. The van der Waals surface area contributed by atoms with Crippen LogP contribution in [0.5, 0.6) is 0 Å². The highest BCUT2D eigenvalue weighted by Crippen LogP contribution is 2.34. The number of piperazine rings is 1.